The lowest BCUT2D eigenvalue weighted by Gasteiger charge is -2.28. The summed E-state index contributed by atoms with van der Waals surface area (Å²) in [4.78, 5) is 25.3. The molecule has 0 unspecified atom stereocenters. The molecule has 32 heavy (non-hydrogen) atoms. The molecule has 0 aromatic heterocycles. The average Bonchev–Trinajstić information content (AvgIpc) is 3.09. The summed E-state index contributed by atoms with van der Waals surface area (Å²) < 4.78 is 14.8. The van der Waals surface area contributed by atoms with E-state index >= 15 is 0 Å². The van der Waals surface area contributed by atoms with Crippen LogP contribution >= 0.6 is 0 Å². The maximum atomic E-state index is 14.8. The van der Waals surface area contributed by atoms with E-state index in [2.05, 4.69) is 5.10 Å². The Morgan fingerprint density at radius 3 is 2.38 bits per heavy atom. The van der Waals surface area contributed by atoms with Gasteiger partial charge in [-0.3, -0.25) is 19.8 Å². The molecule has 162 valence electrons. The van der Waals surface area contributed by atoms with Gasteiger partial charge >= 0.3 is 0 Å². The van der Waals surface area contributed by atoms with Crippen LogP contribution in [0.15, 0.2) is 84.0 Å². The van der Waals surface area contributed by atoms with Crippen molar-refractivity contribution in [2.75, 3.05) is 6.54 Å². The summed E-state index contributed by atoms with van der Waals surface area (Å²) in [5.74, 6) is -0.672. The smallest absolute Gasteiger partial charge is 0.269 e. The maximum Gasteiger partial charge on any atom is 0.269 e. The molecule has 0 radical (unpaired) electrons. The van der Waals surface area contributed by atoms with Crippen LogP contribution in [0.5, 0.6) is 0 Å². The zero-order valence-electron chi connectivity index (χ0n) is 17.4. The van der Waals surface area contributed by atoms with Crippen molar-refractivity contribution < 1.29 is 14.1 Å². The number of hydrogen-bond donors (Lipinski definition) is 0. The van der Waals surface area contributed by atoms with Gasteiger partial charge in [-0.05, 0) is 36.2 Å². The van der Waals surface area contributed by atoms with Crippen LogP contribution in [-0.2, 0) is 11.3 Å². The fourth-order valence-electron chi connectivity index (χ4n) is 3.75. The zero-order valence-corrected chi connectivity index (χ0v) is 17.4. The first-order valence-corrected chi connectivity index (χ1v) is 10.1. The first-order chi connectivity index (χ1) is 15.4. The molecule has 1 fully saturated rings. The second kappa shape index (κ2) is 9.07. The zero-order chi connectivity index (χ0) is 22.7. The van der Waals surface area contributed by atoms with Crippen molar-refractivity contribution in [3.8, 4) is 0 Å². The molecule has 1 aliphatic rings. The van der Waals surface area contributed by atoms with Gasteiger partial charge in [-0.1, -0.05) is 48.5 Å². The van der Waals surface area contributed by atoms with Crippen LogP contribution in [-0.4, -0.2) is 33.0 Å². The molecule has 1 heterocycles. The summed E-state index contributed by atoms with van der Waals surface area (Å²) in [6.07, 6.45) is -0.711. The first kappa shape index (κ1) is 21.3. The molecule has 7 nitrogen and oxygen atoms in total. The van der Waals surface area contributed by atoms with E-state index in [4.69, 9.17) is 0 Å². The lowest BCUT2D eigenvalue weighted by Crippen LogP contribution is -2.30. The van der Waals surface area contributed by atoms with E-state index in [-0.39, 0.29) is 18.1 Å². The number of carbonyl (C=O) groups is 1. The Morgan fingerprint density at radius 2 is 1.72 bits per heavy atom. The van der Waals surface area contributed by atoms with Gasteiger partial charge < -0.3 is 0 Å². The average molecular weight is 432 g/mol. The summed E-state index contributed by atoms with van der Waals surface area (Å²) in [6.45, 7) is 2.26. The van der Waals surface area contributed by atoms with Crippen molar-refractivity contribution in [3.63, 3.8) is 0 Å². The minimum atomic E-state index is -0.711. The highest BCUT2D eigenvalue weighted by Crippen LogP contribution is 2.34. The van der Waals surface area contributed by atoms with Crippen LogP contribution in [0.3, 0.4) is 0 Å². The molecule has 1 amide bonds. The molecule has 1 atom stereocenters. The van der Waals surface area contributed by atoms with Crippen molar-refractivity contribution in [2.24, 2.45) is 5.10 Å². The number of non-ortho nitro benzene ring substituents is 1. The Labute approximate surface area is 184 Å². The number of nitrogens with zero attached hydrogens (tertiary/aromatic N) is 4. The summed E-state index contributed by atoms with van der Waals surface area (Å²) in [6, 6.07) is 21.9. The van der Waals surface area contributed by atoms with Crippen molar-refractivity contribution in [2.45, 2.75) is 19.6 Å². The number of nitro groups is 1. The Balaban J connectivity index is 1.70. The van der Waals surface area contributed by atoms with Crippen LogP contribution in [0.25, 0.3) is 0 Å². The van der Waals surface area contributed by atoms with E-state index in [1.54, 1.807) is 37.3 Å². The number of nitro benzene ring substituents is 1. The standard InChI is InChI=1S/C24H21FN4O3/c1-17(19-11-13-20(14-12-19)29(31)32)26-28-23(30)16-27(15-18-7-3-2-4-8-18)24(28)21-9-5-6-10-22(21)25/h2-14,24H,15-16H2,1H3/b26-17-/t24-/m0/s1. The van der Waals surface area contributed by atoms with Gasteiger partial charge in [0.15, 0.2) is 0 Å². The largest absolute Gasteiger partial charge is 0.271 e. The summed E-state index contributed by atoms with van der Waals surface area (Å²) in [5, 5.41) is 16.7. The first-order valence-electron chi connectivity index (χ1n) is 10.1. The molecular formula is C24H21FN4O3. The predicted molar refractivity (Wildman–Crippen MR) is 118 cm³/mol. The van der Waals surface area contributed by atoms with Crippen LogP contribution in [0.2, 0.25) is 0 Å². The molecule has 0 bridgehead atoms. The fraction of sp³-hybridized carbons (Fsp3) is 0.167. The topological polar surface area (TPSA) is 79.0 Å². The monoisotopic (exact) mass is 432 g/mol. The molecule has 3 aromatic carbocycles. The van der Waals surface area contributed by atoms with Crippen molar-refractivity contribution in [3.05, 3.63) is 111 Å². The molecule has 0 saturated carbocycles. The van der Waals surface area contributed by atoms with Gasteiger partial charge in [-0.15, -0.1) is 0 Å². The van der Waals surface area contributed by atoms with Crippen LogP contribution < -0.4 is 0 Å². The molecule has 0 aliphatic carbocycles. The third-order valence-corrected chi connectivity index (χ3v) is 5.34. The molecule has 0 N–H and O–H groups in total. The Hall–Kier alpha value is -3.91. The minimum Gasteiger partial charge on any atom is -0.271 e. The number of hydrogen-bond acceptors (Lipinski definition) is 5. The Kier molecular flexibility index (Phi) is 6.04. The van der Waals surface area contributed by atoms with Gasteiger partial charge in [0, 0.05) is 24.2 Å². The van der Waals surface area contributed by atoms with Gasteiger partial charge in [0.1, 0.15) is 12.0 Å². The van der Waals surface area contributed by atoms with E-state index in [1.165, 1.54) is 23.2 Å². The van der Waals surface area contributed by atoms with Gasteiger partial charge in [0.05, 0.1) is 17.2 Å². The van der Waals surface area contributed by atoms with Crippen LogP contribution in [0.4, 0.5) is 10.1 Å². The highest BCUT2D eigenvalue weighted by Gasteiger charge is 2.40. The normalized spacial score (nSPS) is 17.1. The third kappa shape index (κ3) is 4.40. The number of hydrazone groups is 1. The number of amides is 1. The molecule has 1 saturated heterocycles. The van der Waals surface area contributed by atoms with E-state index < -0.39 is 16.9 Å². The molecule has 8 heteroatoms. The Morgan fingerprint density at radius 1 is 1.06 bits per heavy atom. The lowest BCUT2D eigenvalue weighted by molar-refractivity contribution is -0.384. The fourth-order valence-corrected chi connectivity index (χ4v) is 3.75. The summed E-state index contributed by atoms with van der Waals surface area (Å²) >= 11 is 0. The molecule has 0 spiro atoms. The lowest BCUT2D eigenvalue weighted by atomic mass is 10.1. The highest BCUT2D eigenvalue weighted by atomic mass is 19.1. The summed E-state index contributed by atoms with van der Waals surface area (Å²) in [7, 11) is 0. The Bertz CT molecular complexity index is 1170. The SMILES string of the molecule is C/C(=N/N1C(=O)CN(Cc2ccccc2)[C@@H]1c1ccccc1F)c1ccc([N+](=O)[O-])cc1. The van der Waals surface area contributed by atoms with Gasteiger partial charge in [-0.25, -0.2) is 9.40 Å². The van der Waals surface area contributed by atoms with Gasteiger partial charge in [0.2, 0.25) is 0 Å². The van der Waals surface area contributed by atoms with Gasteiger partial charge in [0.25, 0.3) is 11.6 Å². The molecule has 3 aromatic rings. The minimum absolute atomic E-state index is 0.0305. The van der Waals surface area contributed by atoms with Gasteiger partial charge in [-0.2, -0.15) is 5.10 Å². The molecule has 1 aliphatic heterocycles. The second-order valence-electron chi connectivity index (χ2n) is 7.51. The van der Waals surface area contributed by atoms with E-state index in [9.17, 15) is 19.3 Å². The number of halogens is 1. The van der Waals surface area contributed by atoms with E-state index in [0.29, 0.717) is 23.4 Å². The van der Waals surface area contributed by atoms with Crippen LogP contribution in [0.1, 0.15) is 29.8 Å². The molecular weight excluding hydrogens is 411 g/mol. The number of carbonyl (C=O) groups excluding carboxylic acids is 1. The second-order valence-corrected chi connectivity index (χ2v) is 7.51. The van der Waals surface area contributed by atoms with E-state index in [0.717, 1.165) is 5.56 Å². The quantitative estimate of drug-likeness (QED) is 0.326. The molecule has 4 rings (SSSR count). The van der Waals surface area contributed by atoms with Crippen LogP contribution in [0, 0.1) is 15.9 Å². The third-order valence-electron chi connectivity index (χ3n) is 5.34. The van der Waals surface area contributed by atoms with Crippen molar-refractivity contribution in [1.29, 1.82) is 0 Å². The van der Waals surface area contributed by atoms with Crippen molar-refractivity contribution in [1.82, 2.24) is 9.91 Å². The summed E-state index contributed by atoms with van der Waals surface area (Å²) in [5.41, 5.74) is 2.46. The predicted octanol–water partition coefficient (Wildman–Crippen LogP) is 4.50. The van der Waals surface area contributed by atoms with E-state index in [1.807, 2.05) is 35.2 Å². The number of rotatable bonds is 6. The van der Waals surface area contributed by atoms with Crippen molar-refractivity contribution >= 4 is 17.3 Å². The highest BCUT2D eigenvalue weighted by molar-refractivity contribution is 5.99. The maximum absolute atomic E-state index is 14.8. The number of benzene rings is 3.